The summed E-state index contributed by atoms with van der Waals surface area (Å²) >= 11 is 0. The molecule has 1 amide bonds. The minimum atomic E-state index is -4.30. The number of carbonyl (C=O) groups excluding carboxylic acids is 1. The van der Waals surface area contributed by atoms with E-state index in [2.05, 4.69) is 31.3 Å². The Morgan fingerprint density at radius 3 is 1.73 bits per heavy atom. The number of phosphoric acid groups is 1. The fraction of sp³-hybridized carbons (Fsp3) is 0.917. The van der Waals surface area contributed by atoms with Gasteiger partial charge in [-0.15, -0.1) is 0 Å². The zero-order valence-corrected chi connectivity index (χ0v) is 31.0. The predicted octanol–water partition coefficient (Wildman–Crippen LogP) is 9.24. The van der Waals surface area contributed by atoms with Gasteiger partial charge in [0.1, 0.15) is 13.2 Å². The van der Waals surface area contributed by atoms with Crippen molar-refractivity contribution in [3.63, 3.8) is 0 Å². The summed E-state index contributed by atoms with van der Waals surface area (Å²) in [6, 6.07) is -0.757. The summed E-state index contributed by atoms with van der Waals surface area (Å²) in [5.74, 6) is -0.157. The molecule has 0 bridgehead atoms. The van der Waals surface area contributed by atoms with Crippen LogP contribution in [0.3, 0.4) is 0 Å². The van der Waals surface area contributed by atoms with E-state index in [0.29, 0.717) is 23.9 Å². The van der Waals surface area contributed by atoms with E-state index in [0.717, 1.165) is 51.4 Å². The number of allylic oxidation sites excluding steroid dienone is 2. The molecule has 8 nitrogen and oxygen atoms in total. The van der Waals surface area contributed by atoms with Gasteiger partial charge in [0.05, 0.1) is 39.9 Å². The first-order valence-electron chi connectivity index (χ1n) is 18.6. The van der Waals surface area contributed by atoms with Crippen molar-refractivity contribution in [1.82, 2.24) is 5.32 Å². The molecule has 0 aliphatic heterocycles. The average molecular weight is 662 g/mol. The Labute approximate surface area is 278 Å². The Morgan fingerprint density at radius 2 is 1.20 bits per heavy atom. The van der Waals surface area contributed by atoms with Gasteiger partial charge in [-0.05, 0) is 38.5 Å². The van der Waals surface area contributed by atoms with Crippen LogP contribution in [0.25, 0.3) is 0 Å². The maximum atomic E-state index is 12.8. The Kier molecular flexibility index (Phi) is 28.9. The first-order valence-corrected chi connectivity index (χ1v) is 20.0. The Hall–Kier alpha value is -0.760. The molecular weight excluding hydrogens is 587 g/mol. The standard InChI is InChI=1S/C36H73N2O6P/c1-6-8-10-12-14-16-18-19-20-22-24-26-28-30-36(40)37-34(33-44-45(41,42)43-32-31-38(3,4)5)35(39)29-27-25-23-21-17-15-13-11-9-7-2/h16,18,34-35,39H,6-15,17,19-33H2,1-5H3,(H-,37,40,41,42)/p+1/b18-16+/t34-,35+/m0/s1. The lowest BCUT2D eigenvalue weighted by Crippen LogP contribution is -2.46. The summed E-state index contributed by atoms with van der Waals surface area (Å²) < 4.78 is 23.4. The number of amides is 1. The van der Waals surface area contributed by atoms with Crippen LogP contribution in [0.15, 0.2) is 12.2 Å². The third-order valence-corrected chi connectivity index (χ3v) is 9.25. The van der Waals surface area contributed by atoms with Crippen LogP contribution in [0.4, 0.5) is 0 Å². The van der Waals surface area contributed by atoms with E-state index in [1.807, 2.05) is 21.1 Å². The third kappa shape index (κ3) is 31.6. The lowest BCUT2D eigenvalue weighted by Gasteiger charge is -2.26. The molecule has 0 spiro atoms. The maximum Gasteiger partial charge on any atom is 0.472 e. The van der Waals surface area contributed by atoms with Crippen molar-refractivity contribution in [1.29, 1.82) is 0 Å². The second-order valence-corrected chi connectivity index (χ2v) is 15.4. The van der Waals surface area contributed by atoms with Crippen molar-refractivity contribution in [2.45, 2.75) is 174 Å². The number of unbranched alkanes of at least 4 members (excludes halogenated alkanes) is 18. The van der Waals surface area contributed by atoms with Crippen LogP contribution in [0, 0.1) is 0 Å². The topological polar surface area (TPSA) is 105 Å². The molecule has 0 fully saturated rings. The SMILES string of the molecule is CCCCCC/C=C/CCCCCCCC(=O)N[C@@H](COP(=O)(O)OCC[N+](C)(C)C)[C@H](O)CCCCCCCCCCCC. The van der Waals surface area contributed by atoms with Gasteiger partial charge in [-0.25, -0.2) is 4.57 Å². The quantitative estimate of drug-likeness (QED) is 0.0280. The number of aliphatic hydroxyl groups is 1. The number of rotatable bonds is 33. The highest BCUT2D eigenvalue weighted by Crippen LogP contribution is 2.43. The Morgan fingerprint density at radius 1 is 0.733 bits per heavy atom. The molecule has 0 heterocycles. The van der Waals surface area contributed by atoms with Crippen molar-refractivity contribution in [3.05, 3.63) is 12.2 Å². The summed E-state index contributed by atoms with van der Waals surface area (Å²) in [5.41, 5.74) is 0. The lowest BCUT2D eigenvalue weighted by molar-refractivity contribution is -0.870. The van der Waals surface area contributed by atoms with Crippen LogP contribution in [-0.4, -0.2) is 73.4 Å². The number of phosphoric ester groups is 1. The molecule has 45 heavy (non-hydrogen) atoms. The highest BCUT2D eigenvalue weighted by molar-refractivity contribution is 7.47. The Balaban J connectivity index is 4.49. The number of nitrogens with one attached hydrogen (secondary N) is 1. The Bertz CT molecular complexity index is 758. The monoisotopic (exact) mass is 662 g/mol. The summed E-state index contributed by atoms with van der Waals surface area (Å²) in [6.45, 7) is 4.83. The molecule has 0 aliphatic carbocycles. The number of nitrogens with zero attached hydrogens (tertiary/aromatic N) is 1. The molecule has 3 N–H and O–H groups in total. The van der Waals surface area contributed by atoms with Crippen LogP contribution in [0.5, 0.6) is 0 Å². The fourth-order valence-electron chi connectivity index (χ4n) is 5.21. The second-order valence-electron chi connectivity index (χ2n) is 14.0. The van der Waals surface area contributed by atoms with Gasteiger partial charge in [-0.1, -0.05) is 129 Å². The van der Waals surface area contributed by atoms with Crippen molar-refractivity contribution in [2.75, 3.05) is 40.9 Å². The molecule has 0 aromatic rings. The molecule has 0 saturated heterocycles. The van der Waals surface area contributed by atoms with E-state index in [-0.39, 0.29) is 19.1 Å². The first-order chi connectivity index (χ1) is 21.5. The molecule has 9 heteroatoms. The normalized spacial score (nSPS) is 14.9. The highest BCUT2D eigenvalue weighted by atomic mass is 31.2. The number of hydrogen-bond acceptors (Lipinski definition) is 5. The molecule has 268 valence electrons. The molecule has 0 rings (SSSR count). The van der Waals surface area contributed by atoms with Gasteiger partial charge in [-0.2, -0.15) is 0 Å². The number of quaternary nitrogens is 1. The van der Waals surface area contributed by atoms with Crippen molar-refractivity contribution in [2.24, 2.45) is 0 Å². The predicted molar refractivity (Wildman–Crippen MR) is 189 cm³/mol. The highest BCUT2D eigenvalue weighted by Gasteiger charge is 2.28. The van der Waals surface area contributed by atoms with Gasteiger partial charge in [0.15, 0.2) is 0 Å². The van der Waals surface area contributed by atoms with Crippen LogP contribution in [0.1, 0.15) is 162 Å². The number of aliphatic hydroxyl groups excluding tert-OH is 1. The molecule has 0 aliphatic rings. The van der Waals surface area contributed by atoms with Crippen molar-refractivity contribution < 1.29 is 32.9 Å². The summed E-state index contributed by atoms with van der Waals surface area (Å²) in [4.78, 5) is 22.9. The minimum Gasteiger partial charge on any atom is -0.391 e. The van der Waals surface area contributed by atoms with Crippen LogP contribution >= 0.6 is 7.82 Å². The van der Waals surface area contributed by atoms with E-state index in [9.17, 15) is 19.4 Å². The third-order valence-electron chi connectivity index (χ3n) is 8.26. The molecule has 3 atom stereocenters. The average Bonchev–Trinajstić information content (AvgIpc) is 2.97. The van der Waals surface area contributed by atoms with Crippen LogP contribution in [0.2, 0.25) is 0 Å². The van der Waals surface area contributed by atoms with E-state index in [4.69, 9.17) is 9.05 Å². The molecule has 0 radical (unpaired) electrons. The van der Waals surface area contributed by atoms with Gasteiger partial charge in [0.25, 0.3) is 0 Å². The second kappa shape index (κ2) is 29.4. The molecule has 0 aromatic carbocycles. The van der Waals surface area contributed by atoms with Gasteiger partial charge >= 0.3 is 7.82 Å². The van der Waals surface area contributed by atoms with Crippen LogP contribution in [-0.2, 0) is 18.4 Å². The zero-order chi connectivity index (χ0) is 33.7. The molecular formula is C36H74N2O6P+. The van der Waals surface area contributed by atoms with Gasteiger partial charge in [0, 0.05) is 6.42 Å². The number of carbonyl (C=O) groups is 1. The number of likely N-dealkylation sites (N-methyl/N-ethyl adjacent to an activating group) is 1. The maximum absolute atomic E-state index is 12.8. The van der Waals surface area contributed by atoms with Gasteiger partial charge in [0.2, 0.25) is 5.91 Å². The largest absolute Gasteiger partial charge is 0.472 e. The van der Waals surface area contributed by atoms with Crippen molar-refractivity contribution >= 4 is 13.7 Å². The van der Waals surface area contributed by atoms with Gasteiger partial charge < -0.3 is 19.8 Å². The lowest BCUT2D eigenvalue weighted by atomic mass is 10.0. The summed E-state index contributed by atoms with van der Waals surface area (Å²) in [7, 11) is 1.61. The van der Waals surface area contributed by atoms with E-state index >= 15 is 0 Å². The van der Waals surface area contributed by atoms with Gasteiger partial charge in [-0.3, -0.25) is 13.8 Å². The smallest absolute Gasteiger partial charge is 0.391 e. The fourth-order valence-corrected chi connectivity index (χ4v) is 5.95. The molecule has 0 saturated carbocycles. The summed E-state index contributed by atoms with van der Waals surface area (Å²) in [6.07, 6.45) is 29.4. The zero-order valence-electron chi connectivity index (χ0n) is 30.1. The van der Waals surface area contributed by atoms with Crippen molar-refractivity contribution in [3.8, 4) is 0 Å². The first kappa shape index (κ1) is 44.2. The minimum absolute atomic E-state index is 0.0742. The number of hydrogen-bond donors (Lipinski definition) is 3. The molecule has 1 unspecified atom stereocenters. The van der Waals surface area contributed by atoms with E-state index in [1.165, 1.54) is 83.5 Å². The molecule has 0 aromatic heterocycles. The summed E-state index contributed by atoms with van der Waals surface area (Å²) in [5, 5.41) is 13.8. The van der Waals surface area contributed by atoms with Crippen LogP contribution < -0.4 is 5.32 Å². The van der Waals surface area contributed by atoms with E-state index in [1.54, 1.807) is 0 Å². The van der Waals surface area contributed by atoms with E-state index < -0.39 is 20.0 Å².